The van der Waals surface area contributed by atoms with E-state index in [0.717, 1.165) is 11.3 Å². The zero-order valence-electron chi connectivity index (χ0n) is 11.3. The average Bonchev–Trinajstić information content (AvgIpc) is 3.00. The Morgan fingerprint density at radius 3 is 3.05 bits per heavy atom. The Hall–Kier alpha value is -2.79. The summed E-state index contributed by atoms with van der Waals surface area (Å²) in [6.07, 6.45) is 1.65. The fraction of sp³-hybridized carbons (Fsp3) is 0.154. The molecule has 21 heavy (non-hydrogen) atoms. The van der Waals surface area contributed by atoms with Crippen molar-refractivity contribution in [2.24, 2.45) is 0 Å². The molecule has 2 rings (SSSR count). The molecule has 0 aliphatic rings. The van der Waals surface area contributed by atoms with E-state index in [2.05, 4.69) is 22.4 Å². The number of amides is 1. The third-order valence-electron chi connectivity index (χ3n) is 2.54. The number of carbonyl (C=O) groups excluding carboxylic acids is 1. The molecule has 0 bridgehead atoms. The van der Waals surface area contributed by atoms with E-state index in [4.69, 9.17) is 15.5 Å². The monoisotopic (exact) mass is 303 g/mol. The first-order valence-corrected chi connectivity index (χ1v) is 6.80. The lowest BCUT2D eigenvalue weighted by Gasteiger charge is -1.99. The first kappa shape index (κ1) is 14.6. The molecular weight excluding hydrogens is 290 g/mol. The number of hydrogen-bond donors (Lipinski definition) is 3. The van der Waals surface area contributed by atoms with Gasteiger partial charge >= 0.3 is 0 Å². The van der Waals surface area contributed by atoms with Crippen LogP contribution in [-0.2, 0) is 0 Å². The third kappa shape index (κ3) is 3.04. The van der Waals surface area contributed by atoms with Gasteiger partial charge in [-0.25, -0.2) is 0 Å². The second-order valence-corrected chi connectivity index (χ2v) is 5.13. The number of nitrogens with two attached hydrogens (primary N) is 1. The number of nitrogen functional groups attached to an aromatic ring is 1. The Morgan fingerprint density at radius 1 is 1.71 bits per heavy atom. The standard InChI is InChI=1S/C13H13N5O2S/c1-3-4-16-13-8(6-14)10(15)11(21-13)12(19)17-9-5-7(2)20-18-9/h3,5,16H,1,4,15H2,2H3,(H,17,18,19). The number of nitriles is 1. The van der Waals surface area contributed by atoms with Crippen molar-refractivity contribution in [3.8, 4) is 6.07 Å². The van der Waals surface area contributed by atoms with Crippen molar-refractivity contribution in [1.29, 1.82) is 5.26 Å². The van der Waals surface area contributed by atoms with Gasteiger partial charge in [0.15, 0.2) is 5.82 Å². The van der Waals surface area contributed by atoms with Crippen LogP contribution >= 0.6 is 11.3 Å². The summed E-state index contributed by atoms with van der Waals surface area (Å²) in [7, 11) is 0. The van der Waals surface area contributed by atoms with Crippen LogP contribution in [0.1, 0.15) is 21.0 Å². The zero-order chi connectivity index (χ0) is 15.4. The van der Waals surface area contributed by atoms with Crippen LogP contribution in [0.25, 0.3) is 0 Å². The Labute approximate surface area is 125 Å². The number of carbonyl (C=O) groups is 1. The summed E-state index contributed by atoms with van der Waals surface area (Å²) in [5.41, 5.74) is 6.26. The molecule has 0 fully saturated rings. The van der Waals surface area contributed by atoms with E-state index in [-0.39, 0.29) is 16.1 Å². The van der Waals surface area contributed by atoms with Gasteiger partial charge in [-0.15, -0.1) is 17.9 Å². The van der Waals surface area contributed by atoms with Crippen molar-refractivity contribution in [3.05, 3.63) is 34.9 Å². The Balaban J connectivity index is 2.26. The lowest BCUT2D eigenvalue weighted by molar-refractivity contribution is 0.103. The lowest BCUT2D eigenvalue weighted by atomic mass is 10.2. The molecular formula is C13H13N5O2S. The largest absolute Gasteiger partial charge is 0.396 e. The van der Waals surface area contributed by atoms with E-state index < -0.39 is 5.91 Å². The Bertz CT molecular complexity index is 725. The highest BCUT2D eigenvalue weighted by molar-refractivity contribution is 7.19. The molecule has 0 saturated heterocycles. The third-order valence-corrected chi connectivity index (χ3v) is 3.70. The molecule has 0 spiro atoms. The van der Waals surface area contributed by atoms with Gasteiger partial charge in [0.1, 0.15) is 27.3 Å². The summed E-state index contributed by atoms with van der Waals surface area (Å²) in [5, 5.41) is 18.9. The van der Waals surface area contributed by atoms with E-state index in [0.29, 0.717) is 23.1 Å². The molecule has 2 aromatic rings. The van der Waals surface area contributed by atoms with Gasteiger partial charge in [0.05, 0.1) is 5.69 Å². The van der Waals surface area contributed by atoms with E-state index in [1.165, 1.54) is 0 Å². The Kier molecular flexibility index (Phi) is 4.25. The number of thiophene rings is 1. The zero-order valence-corrected chi connectivity index (χ0v) is 12.1. The van der Waals surface area contributed by atoms with Gasteiger partial charge in [-0.3, -0.25) is 4.79 Å². The number of hydrogen-bond acceptors (Lipinski definition) is 7. The van der Waals surface area contributed by atoms with E-state index in [9.17, 15) is 4.79 Å². The van der Waals surface area contributed by atoms with Crippen LogP contribution in [0.5, 0.6) is 0 Å². The maximum absolute atomic E-state index is 12.2. The van der Waals surface area contributed by atoms with Crippen LogP contribution in [0.15, 0.2) is 23.2 Å². The first-order chi connectivity index (χ1) is 10.1. The van der Waals surface area contributed by atoms with Crippen molar-refractivity contribution in [3.63, 3.8) is 0 Å². The van der Waals surface area contributed by atoms with Crippen molar-refractivity contribution in [1.82, 2.24) is 5.16 Å². The summed E-state index contributed by atoms with van der Waals surface area (Å²) in [5.74, 6) is 0.439. The fourth-order valence-electron chi connectivity index (χ4n) is 1.61. The highest BCUT2D eigenvalue weighted by Gasteiger charge is 2.21. The maximum Gasteiger partial charge on any atom is 0.269 e. The van der Waals surface area contributed by atoms with E-state index >= 15 is 0 Å². The minimum Gasteiger partial charge on any atom is -0.396 e. The quantitative estimate of drug-likeness (QED) is 0.730. The fourth-order valence-corrected chi connectivity index (χ4v) is 2.58. The van der Waals surface area contributed by atoms with Gasteiger partial charge in [-0.2, -0.15) is 5.26 Å². The van der Waals surface area contributed by atoms with Crippen LogP contribution in [0.4, 0.5) is 16.5 Å². The molecule has 2 aromatic heterocycles. The maximum atomic E-state index is 12.2. The normalized spacial score (nSPS) is 9.90. The van der Waals surface area contributed by atoms with Crippen molar-refractivity contribution < 1.29 is 9.32 Å². The molecule has 0 aliphatic carbocycles. The number of nitrogens with zero attached hydrogens (tertiary/aromatic N) is 2. The lowest BCUT2D eigenvalue weighted by Crippen LogP contribution is -2.12. The number of anilines is 3. The smallest absolute Gasteiger partial charge is 0.269 e. The molecule has 8 heteroatoms. The highest BCUT2D eigenvalue weighted by Crippen LogP contribution is 2.35. The molecule has 0 atom stereocenters. The first-order valence-electron chi connectivity index (χ1n) is 5.98. The SMILES string of the molecule is C=CCNc1sc(C(=O)Nc2cc(C)on2)c(N)c1C#N. The number of aryl methyl sites for hydroxylation is 1. The summed E-state index contributed by atoms with van der Waals surface area (Å²) in [4.78, 5) is 12.4. The molecule has 0 unspecified atom stereocenters. The van der Waals surface area contributed by atoms with Crippen molar-refractivity contribution in [2.75, 3.05) is 22.9 Å². The molecule has 108 valence electrons. The van der Waals surface area contributed by atoms with Gasteiger partial charge in [0, 0.05) is 12.6 Å². The predicted octanol–water partition coefficient (Wildman–Crippen LogP) is 2.35. The van der Waals surface area contributed by atoms with E-state index in [1.807, 2.05) is 6.07 Å². The van der Waals surface area contributed by atoms with Gasteiger partial charge in [-0.1, -0.05) is 11.2 Å². The molecule has 0 saturated carbocycles. The topological polar surface area (TPSA) is 117 Å². The molecule has 0 radical (unpaired) electrons. The predicted molar refractivity (Wildman–Crippen MR) is 81.3 cm³/mol. The molecule has 0 aromatic carbocycles. The highest BCUT2D eigenvalue weighted by atomic mass is 32.1. The van der Waals surface area contributed by atoms with Crippen LogP contribution in [0, 0.1) is 18.3 Å². The van der Waals surface area contributed by atoms with Gasteiger partial charge < -0.3 is 20.9 Å². The van der Waals surface area contributed by atoms with Gasteiger partial charge in [0.25, 0.3) is 5.91 Å². The molecule has 0 aliphatic heterocycles. The molecule has 4 N–H and O–H groups in total. The summed E-state index contributed by atoms with van der Waals surface area (Å²) < 4.78 is 4.87. The average molecular weight is 303 g/mol. The van der Waals surface area contributed by atoms with Crippen LogP contribution in [0.2, 0.25) is 0 Å². The number of rotatable bonds is 5. The molecule has 7 nitrogen and oxygen atoms in total. The minimum absolute atomic E-state index is 0.145. The minimum atomic E-state index is -0.436. The van der Waals surface area contributed by atoms with E-state index in [1.54, 1.807) is 19.1 Å². The summed E-state index contributed by atoms with van der Waals surface area (Å²) in [6.45, 7) is 5.77. The van der Waals surface area contributed by atoms with Gasteiger partial charge in [-0.05, 0) is 6.92 Å². The second-order valence-electron chi connectivity index (χ2n) is 4.11. The molecule has 1 amide bonds. The molecule has 2 heterocycles. The van der Waals surface area contributed by atoms with Crippen LogP contribution < -0.4 is 16.4 Å². The van der Waals surface area contributed by atoms with Crippen molar-refractivity contribution >= 4 is 33.8 Å². The van der Waals surface area contributed by atoms with Crippen molar-refractivity contribution in [2.45, 2.75) is 6.92 Å². The summed E-state index contributed by atoms with van der Waals surface area (Å²) in [6, 6.07) is 3.58. The number of nitrogens with one attached hydrogen (secondary N) is 2. The van der Waals surface area contributed by atoms with Crippen LogP contribution in [0.3, 0.4) is 0 Å². The second kappa shape index (κ2) is 6.11. The van der Waals surface area contributed by atoms with Gasteiger partial charge in [0.2, 0.25) is 0 Å². The Morgan fingerprint density at radius 2 is 2.48 bits per heavy atom. The van der Waals surface area contributed by atoms with Crippen LogP contribution in [-0.4, -0.2) is 17.6 Å². The summed E-state index contributed by atoms with van der Waals surface area (Å²) >= 11 is 1.11. The number of aromatic nitrogens is 1.